The van der Waals surface area contributed by atoms with Gasteiger partial charge in [-0.25, -0.2) is 8.42 Å². The summed E-state index contributed by atoms with van der Waals surface area (Å²) < 4.78 is 24.0. The first-order chi connectivity index (χ1) is 10.1. The Morgan fingerprint density at radius 3 is 2.33 bits per heavy atom. The summed E-state index contributed by atoms with van der Waals surface area (Å²) in [6.45, 7) is 5.14. The van der Waals surface area contributed by atoms with E-state index in [4.69, 9.17) is 0 Å². The Morgan fingerprint density at radius 2 is 1.81 bits per heavy atom. The van der Waals surface area contributed by atoms with E-state index in [0.717, 1.165) is 25.3 Å². The molecule has 2 rings (SSSR count). The average Bonchev–Trinajstić information content (AvgIpc) is 3.28. The first-order valence-electron chi connectivity index (χ1n) is 8.12. The Morgan fingerprint density at radius 1 is 1.14 bits per heavy atom. The number of benzene rings is 1. The van der Waals surface area contributed by atoms with Gasteiger partial charge in [-0.2, -0.15) is 0 Å². The fourth-order valence-electron chi connectivity index (χ4n) is 2.71. The van der Waals surface area contributed by atoms with Gasteiger partial charge in [-0.15, -0.1) is 0 Å². The van der Waals surface area contributed by atoms with Crippen molar-refractivity contribution in [1.82, 2.24) is 5.32 Å². The van der Waals surface area contributed by atoms with Crippen LogP contribution in [0.5, 0.6) is 0 Å². The topological polar surface area (TPSA) is 46.2 Å². The average molecular weight is 309 g/mol. The van der Waals surface area contributed by atoms with Gasteiger partial charge >= 0.3 is 0 Å². The summed E-state index contributed by atoms with van der Waals surface area (Å²) in [4.78, 5) is 0.456. The molecule has 0 aromatic heterocycles. The zero-order valence-electron chi connectivity index (χ0n) is 13.1. The molecule has 1 atom stereocenters. The second kappa shape index (κ2) is 7.41. The molecule has 21 heavy (non-hydrogen) atoms. The number of hydrogen-bond donors (Lipinski definition) is 1. The lowest BCUT2D eigenvalue weighted by Gasteiger charge is -2.18. The molecule has 1 aromatic carbocycles. The summed E-state index contributed by atoms with van der Waals surface area (Å²) in [6, 6.07) is 8.04. The molecule has 0 amide bonds. The van der Waals surface area contributed by atoms with Gasteiger partial charge in [-0.05, 0) is 62.3 Å². The van der Waals surface area contributed by atoms with Crippen LogP contribution in [0.2, 0.25) is 0 Å². The van der Waals surface area contributed by atoms with E-state index in [0.29, 0.717) is 17.4 Å². The van der Waals surface area contributed by atoms with Gasteiger partial charge in [0.1, 0.15) is 0 Å². The molecule has 0 aliphatic heterocycles. The molecular weight excluding hydrogens is 282 g/mol. The number of nitrogens with one attached hydrogen (secondary N) is 1. The van der Waals surface area contributed by atoms with Crippen LogP contribution in [-0.2, 0) is 16.3 Å². The number of sulfone groups is 1. The van der Waals surface area contributed by atoms with E-state index in [9.17, 15) is 8.42 Å². The summed E-state index contributed by atoms with van der Waals surface area (Å²) in [5, 5.41) is 3.63. The minimum atomic E-state index is -3.09. The third kappa shape index (κ3) is 4.82. The zero-order valence-corrected chi connectivity index (χ0v) is 14.0. The lowest BCUT2D eigenvalue weighted by molar-refractivity contribution is 0.460. The molecule has 1 unspecified atom stereocenters. The standard InChI is InChI=1S/C17H27NO2S/c1-3-11-18-17(15-7-8-15)13-14-5-9-16(10-6-14)21(19,20)12-4-2/h5-6,9-10,15,17-18H,3-4,7-8,11-13H2,1-2H3. The lowest BCUT2D eigenvalue weighted by Crippen LogP contribution is -2.33. The van der Waals surface area contributed by atoms with Crippen LogP contribution in [0.25, 0.3) is 0 Å². The van der Waals surface area contributed by atoms with Crippen LogP contribution in [0.3, 0.4) is 0 Å². The van der Waals surface area contributed by atoms with E-state index in [2.05, 4.69) is 12.2 Å². The van der Waals surface area contributed by atoms with Gasteiger partial charge in [-0.1, -0.05) is 26.0 Å². The maximum absolute atomic E-state index is 12.0. The van der Waals surface area contributed by atoms with Crippen molar-refractivity contribution in [1.29, 1.82) is 0 Å². The van der Waals surface area contributed by atoms with Gasteiger partial charge in [-0.3, -0.25) is 0 Å². The molecule has 1 saturated carbocycles. The maximum atomic E-state index is 12.0. The van der Waals surface area contributed by atoms with Crippen molar-refractivity contribution >= 4 is 9.84 Å². The second-order valence-corrected chi connectivity index (χ2v) is 8.17. The van der Waals surface area contributed by atoms with E-state index in [1.165, 1.54) is 18.4 Å². The predicted octanol–water partition coefficient (Wildman–Crippen LogP) is 3.19. The monoisotopic (exact) mass is 309 g/mol. The van der Waals surface area contributed by atoms with Crippen LogP contribution in [-0.4, -0.2) is 26.8 Å². The number of rotatable bonds is 9. The first-order valence-corrected chi connectivity index (χ1v) is 9.77. The fourth-order valence-corrected chi connectivity index (χ4v) is 4.03. The van der Waals surface area contributed by atoms with E-state index >= 15 is 0 Å². The summed E-state index contributed by atoms with van der Waals surface area (Å²) in [5.74, 6) is 1.04. The van der Waals surface area contributed by atoms with E-state index in [-0.39, 0.29) is 5.75 Å². The van der Waals surface area contributed by atoms with Gasteiger partial charge in [0.2, 0.25) is 0 Å². The largest absolute Gasteiger partial charge is 0.313 e. The van der Waals surface area contributed by atoms with Gasteiger partial charge < -0.3 is 5.32 Å². The highest BCUT2D eigenvalue weighted by Crippen LogP contribution is 2.34. The summed E-state index contributed by atoms with van der Waals surface area (Å²) in [6.07, 6.45) is 5.46. The Hall–Kier alpha value is -0.870. The molecular formula is C17H27NO2S. The molecule has 0 heterocycles. The van der Waals surface area contributed by atoms with Crippen LogP contribution in [0, 0.1) is 5.92 Å². The molecule has 0 spiro atoms. The van der Waals surface area contributed by atoms with Crippen molar-refractivity contribution in [3.63, 3.8) is 0 Å². The van der Waals surface area contributed by atoms with Gasteiger partial charge in [0.25, 0.3) is 0 Å². The lowest BCUT2D eigenvalue weighted by atomic mass is 10.0. The van der Waals surface area contributed by atoms with Gasteiger partial charge in [0, 0.05) is 6.04 Å². The molecule has 118 valence electrons. The molecule has 1 N–H and O–H groups in total. The Balaban J connectivity index is 2.01. The molecule has 0 bridgehead atoms. The third-order valence-electron chi connectivity index (χ3n) is 4.06. The normalized spacial score (nSPS) is 16.9. The van der Waals surface area contributed by atoms with Gasteiger partial charge in [0.15, 0.2) is 9.84 Å². The predicted molar refractivity (Wildman–Crippen MR) is 87.3 cm³/mol. The van der Waals surface area contributed by atoms with Crippen molar-refractivity contribution in [3.05, 3.63) is 29.8 Å². The molecule has 1 aromatic rings. The van der Waals surface area contributed by atoms with Crippen molar-refractivity contribution in [2.24, 2.45) is 5.92 Å². The van der Waals surface area contributed by atoms with Crippen molar-refractivity contribution < 1.29 is 8.42 Å². The highest BCUT2D eigenvalue weighted by atomic mass is 32.2. The fraction of sp³-hybridized carbons (Fsp3) is 0.647. The van der Waals surface area contributed by atoms with Crippen LogP contribution in [0.15, 0.2) is 29.2 Å². The molecule has 1 aliphatic carbocycles. The van der Waals surface area contributed by atoms with Crippen LogP contribution < -0.4 is 5.32 Å². The third-order valence-corrected chi connectivity index (χ3v) is 5.99. The molecule has 1 aliphatic rings. The van der Waals surface area contributed by atoms with Gasteiger partial charge in [0.05, 0.1) is 10.6 Å². The molecule has 1 fully saturated rings. The van der Waals surface area contributed by atoms with Crippen LogP contribution >= 0.6 is 0 Å². The minimum Gasteiger partial charge on any atom is -0.313 e. The van der Waals surface area contributed by atoms with Crippen molar-refractivity contribution in [2.45, 2.75) is 56.9 Å². The van der Waals surface area contributed by atoms with Crippen LogP contribution in [0.1, 0.15) is 45.1 Å². The minimum absolute atomic E-state index is 0.231. The molecule has 0 radical (unpaired) electrons. The zero-order chi connectivity index (χ0) is 15.3. The quantitative estimate of drug-likeness (QED) is 0.762. The summed E-state index contributed by atoms with van der Waals surface area (Å²) in [5.41, 5.74) is 1.23. The van der Waals surface area contributed by atoms with Crippen LogP contribution in [0.4, 0.5) is 0 Å². The summed E-state index contributed by atoms with van der Waals surface area (Å²) in [7, 11) is -3.09. The SMILES string of the molecule is CCCNC(Cc1ccc(S(=O)(=O)CCC)cc1)C1CC1. The second-order valence-electron chi connectivity index (χ2n) is 6.06. The maximum Gasteiger partial charge on any atom is 0.178 e. The molecule has 4 heteroatoms. The Bertz CT molecular complexity index is 532. The number of hydrogen-bond acceptors (Lipinski definition) is 3. The van der Waals surface area contributed by atoms with E-state index < -0.39 is 9.84 Å². The van der Waals surface area contributed by atoms with Crippen molar-refractivity contribution in [3.8, 4) is 0 Å². The molecule has 0 saturated heterocycles. The Labute approximate surface area is 129 Å². The smallest absolute Gasteiger partial charge is 0.178 e. The summed E-state index contributed by atoms with van der Waals surface area (Å²) >= 11 is 0. The first kappa shape index (κ1) is 16.5. The van der Waals surface area contributed by atoms with Crippen molar-refractivity contribution in [2.75, 3.05) is 12.3 Å². The van der Waals surface area contributed by atoms with E-state index in [1.807, 2.05) is 19.1 Å². The van der Waals surface area contributed by atoms with E-state index in [1.54, 1.807) is 12.1 Å². The molecule has 3 nitrogen and oxygen atoms in total. The Kier molecular flexibility index (Phi) is 5.82. The highest BCUT2D eigenvalue weighted by molar-refractivity contribution is 7.91. The highest BCUT2D eigenvalue weighted by Gasteiger charge is 2.30.